The van der Waals surface area contributed by atoms with Gasteiger partial charge in [0, 0.05) is 88.5 Å². The number of nitrogens with one attached hydrogen (secondary N) is 5. The van der Waals surface area contributed by atoms with Gasteiger partial charge in [-0.25, -0.2) is 18.7 Å². The lowest BCUT2D eigenvalue weighted by Crippen LogP contribution is -2.52. The average molecular weight is 913 g/mol. The monoisotopic (exact) mass is 912 g/mol. The normalized spacial score (nSPS) is 15.3. The van der Waals surface area contributed by atoms with Crippen LogP contribution < -0.4 is 26.6 Å². The largest absolute Gasteiger partial charge is 0.346 e. The van der Waals surface area contributed by atoms with Crippen LogP contribution in [0.5, 0.6) is 0 Å². The third-order valence-corrected chi connectivity index (χ3v) is 11.5. The lowest BCUT2D eigenvalue weighted by molar-refractivity contribution is -0.137. The Morgan fingerprint density at radius 3 is 2.53 bits per heavy atom. The van der Waals surface area contributed by atoms with Crippen molar-refractivity contribution in [3.63, 3.8) is 0 Å². The van der Waals surface area contributed by atoms with E-state index in [-0.39, 0.29) is 79.7 Å². The van der Waals surface area contributed by atoms with Gasteiger partial charge in [-0.05, 0) is 67.1 Å². The number of benzene rings is 4. The molecule has 6 aromatic rings. The molecule has 2 aromatic heterocycles. The van der Waals surface area contributed by atoms with E-state index in [1.54, 1.807) is 77.7 Å². The minimum Gasteiger partial charge on any atom is -0.346 e. The zero-order valence-corrected chi connectivity index (χ0v) is 35.7. The fourth-order valence-electron chi connectivity index (χ4n) is 7.99. The third-order valence-electron chi connectivity index (χ3n) is 11.3. The van der Waals surface area contributed by atoms with Crippen LogP contribution in [0.25, 0.3) is 11.3 Å². The number of carbonyl (C=O) groups is 5. The van der Waals surface area contributed by atoms with Gasteiger partial charge in [-0.3, -0.25) is 39.0 Å². The van der Waals surface area contributed by atoms with Crippen molar-refractivity contribution in [1.29, 1.82) is 0 Å². The molecule has 0 aliphatic carbocycles. The van der Waals surface area contributed by atoms with Crippen LogP contribution in [-0.2, 0) is 40.6 Å². The van der Waals surface area contributed by atoms with Crippen molar-refractivity contribution in [2.75, 3.05) is 23.7 Å². The van der Waals surface area contributed by atoms with Gasteiger partial charge < -0.3 is 26.2 Å². The fraction of sp³-hybridized carbons (Fsp3) is 0.217. The highest BCUT2D eigenvalue weighted by Gasteiger charge is 2.40. The molecule has 3 aliphatic rings. The summed E-state index contributed by atoms with van der Waals surface area (Å²) in [5.41, 5.74) is 5.15. The number of rotatable bonds is 14. The minimum absolute atomic E-state index is 0.0771. The maximum atomic E-state index is 14.9. The highest BCUT2D eigenvalue weighted by Crippen LogP contribution is 2.35. The van der Waals surface area contributed by atoms with E-state index in [1.807, 2.05) is 0 Å². The van der Waals surface area contributed by atoms with Crippen molar-refractivity contribution in [3.8, 4) is 11.3 Å². The van der Waals surface area contributed by atoms with Gasteiger partial charge in [-0.2, -0.15) is 0 Å². The number of hydrogen-bond donors (Lipinski definition) is 5. The molecule has 5 amide bonds. The Kier molecular flexibility index (Phi) is 12.4. The quantitative estimate of drug-likeness (QED) is 0.0718. The molecule has 0 bridgehead atoms. The number of fused-ring (bicyclic) bond motifs is 4. The highest BCUT2D eigenvalue weighted by molar-refractivity contribution is 6.31. The van der Waals surface area contributed by atoms with Crippen LogP contribution in [0.15, 0.2) is 96.2 Å². The summed E-state index contributed by atoms with van der Waals surface area (Å²) in [7, 11) is 0. The lowest BCUT2D eigenvalue weighted by Gasteiger charge is -2.29. The second kappa shape index (κ2) is 18.8. The van der Waals surface area contributed by atoms with E-state index in [0.29, 0.717) is 80.8 Å². The molecule has 5 heterocycles. The second-order valence-corrected chi connectivity index (χ2v) is 16.1. The molecule has 20 heteroatoms. The maximum absolute atomic E-state index is 14.9. The molecule has 3 aliphatic heterocycles. The van der Waals surface area contributed by atoms with Crippen LogP contribution >= 0.6 is 11.6 Å². The molecular formula is C46H39ClF2N12O5. The number of anilines is 3. The third kappa shape index (κ3) is 9.24. The van der Waals surface area contributed by atoms with E-state index < -0.39 is 23.6 Å². The molecule has 0 spiro atoms. The molecule has 1 unspecified atom stereocenters. The van der Waals surface area contributed by atoms with Crippen LogP contribution in [0, 0.1) is 11.6 Å². The predicted molar refractivity (Wildman–Crippen MR) is 238 cm³/mol. The van der Waals surface area contributed by atoms with Crippen molar-refractivity contribution in [2.45, 2.75) is 51.5 Å². The van der Waals surface area contributed by atoms with Crippen LogP contribution in [0.2, 0.25) is 5.02 Å². The van der Waals surface area contributed by atoms with Crippen LogP contribution in [0.3, 0.4) is 0 Å². The molecule has 1 saturated heterocycles. The summed E-state index contributed by atoms with van der Waals surface area (Å²) in [6, 6.07) is 19.7. The molecule has 17 nitrogen and oxygen atoms in total. The first-order valence-electron chi connectivity index (χ1n) is 21.0. The number of imide groups is 1. The molecule has 334 valence electrons. The van der Waals surface area contributed by atoms with Crippen molar-refractivity contribution in [2.24, 2.45) is 4.99 Å². The predicted octanol–water partition coefficient (Wildman–Crippen LogP) is 5.07. The Balaban J connectivity index is 0.727. The first-order chi connectivity index (χ1) is 32.0. The SMILES string of the molecule is O=C1CCC(N2Cc3c(NC(=O)CCNCCn4cc(CNC(=O)c5ccc(Nc6ncc7c(n6)-c6ccc(Cl)cc6C(c6c(F)cccc6F)=NC7)cc5)nn4)cccc3C2=O)C(=O)N1. The van der Waals surface area contributed by atoms with Gasteiger partial charge in [0.15, 0.2) is 0 Å². The Labute approximate surface area is 380 Å². The van der Waals surface area contributed by atoms with E-state index >= 15 is 0 Å². The van der Waals surface area contributed by atoms with E-state index in [4.69, 9.17) is 16.6 Å². The van der Waals surface area contributed by atoms with E-state index in [0.717, 1.165) is 0 Å². The van der Waals surface area contributed by atoms with Gasteiger partial charge in [0.05, 0.1) is 42.8 Å². The molecule has 1 atom stereocenters. The number of aliphatic imine (C=N–C) groups is 1. The Hall–Kier alpha value is -7.77. The van der Waals surface area contributed by atoms with E-state index in [1.165, 1.54) is 23.1 Å². The molecular weight excluding hydrogens is 874 g/mol. The van der Waals surface area contributed by atoms with Crippen LogP contribution in [0.4, 0.5) is 26.1 Å². The number of aromatic nitrogens is 5. The van der Waals surface area contributed by atoms with Crippen molar-refractivity contribution in [1.82, 2.24) is 45.8 Å². The zero-order chi connectivity index (χ0) is 45.9. The fourth-order valence-corrected chi connectivity index (χ4v) is 8.17. The summed E-state index contributed by atoms with van der Waals surface area (Å²) in [6.45, 7) is 1.68. The second-order valence-electron chi connectivity index (χ2n) is 15.7. The Bertz CT molecular complexity index is 2940. The topological polar surface area (TPSA) is 218 Å². The summed E-state index contributed by atoms with van der Waals surface area (Å²) in [5, 5.41) is 23.0. The lowest BCUT2D eigenvalue weighted by atomic mass is 9.95. The first-order valence-corrected chi connectivity index (χ1v) is 21.3. The van der Waals surface area contributed by atoms with Gasteiger partial charge in [0.1, 0.15) is 23.4 Å². The summed E-state index contributed by atoms with van der Waals surface area (Å²) in [4.78, 5) is 78.2. The summed E-state index contributed by atoms with van der Waals surface area (Å²) >= 11 is 6.34. The van der Waals surface area contributed by atoms with Crippen LogP contribution in [-0.4, -0.2) is 84.2 Å². The minimum atomic E-state index is -0.748. The number of nitrogens with zero attached hydrogens (tertiary/aromatic N) is 7. The summed E-state index contributed by atoms with van der Waals surface area (Å²) in [5.74, 6) is -2.99. The van der Waals surface area contributed by atoms with E-state index in [2.05, 4.69) is 46.9 Å². The van der Waals surface area contributed by atoms with Crippen molar-refractivity contribution >= 4 is 64.2 Å². The summed E-state index contributed by atoms with van der Waals surface area (Å²) < 4.78 is 31.5. The number of halogens is 3. The van der Waals surface area contributed by atoms with Gasteiger partial charge >= 0.3 is 0 Å². The number of hydrogen-bond acceptors (Lipinski definition) is 12. The van der Waals surface area contributed by atoms with Gasteiger partial charge in [-0.15, -0.1) is 5.10 Å². The van der Waals surface area contributed by atoms with Gasteiger partial charge in [-0.1, -0.05) is 35.0 Å². The summed E-state index contributed by atoms with van der Waals surface area (Å²) in [6.07, 6.45) is 3.89. The van der Waals surface area contributed by atoms with E-state index in [9.17, 15) is 32.8 Å². The Morgan fingerprint density at radius 2 is 1.73 bits per heavy atom. The maximum Gasteiger partial charge on any atom is 0.255 e. The smallest absolute Gasteiger partial charge is 0.255 e. The average Bonchev–Trinajstić information content (AvgIpc) is 3.86. The molecule has 4 aromatic carbocycles. The number of amides is 5. The number of carbonyl (C=O) groups excluding carboxylic acids is 5. The molecule has 9 rings (SSSR count). The van der Waals surface area contributed by atoms with Crippen molar-refractivity contribution < 1.29 is 32.8 Å². The standard InChI is InChI=1S/C46H39ClF2N12O5/c47-27-9-12-30-32(19-27)42(40-34(48)4-2-5-35(40)49)51-20-26-21-53-46(57-41(26)30)54-28-10-7-25(8-11-28)43(64)52-22-29-23-60(59-58-29)18-17-50-16-15-39(63)55-36-6-1-3-31-33(36)24-61(45(31)66)37-13-14-38(62)56-44(37)65/h1-12,19,21,23,37,50H,13-18,20,22,24H2,(H,52,64)(H,55,63)(H,53,54,57)(H,56,62,65). The van der Waals surface area contributed by atoms with Crippen LogP contribution in [0.1, 0.15) is 67.9 Å². The first kappa shape index (κ1) is 43.5. The molecule has 5 N–H and O–H groups in total. The zero-order valence-electron chi connectivity index (χ0n) is 34.9. The molecule has 0 saturated carbocycles. The highest BCUT2D eigenvalue weighted by atomic mass is 35.5. The molecule has 66 heavy (non-hydrogen) atoms. The number of piperidine rings is 1. The van der Waals surface area contributed by atoms with Gasteiger partial charge in [0.25, 0.3) is 11.8 Å². The molecule has 0 radical (unpaired) electrons. The Morgan fingerprint density at radius 1 is 0.924 bits per heavy atom. The van der Waals surface area contributed by atoms with Gasteiger partial charge in [0.2, 0.25) is 23.7 Å². The van der Waals surface area contributed by atoms with Crippen molar-refractivity contribution in [3.05, 3.63) is 147 Å². The molecule has 1 fully saturated rings.